The molecule has 0 atom stereocenters. The van der Waals surface area contributed by atoms with Gasteiger partial charge >= 0.3 is 5.97 Å². The number of nitrogens with zero attached hydrogens (tertiary/aromatic N) is 1. The van der Waals surface area contributed by atoms with E-state index in [1.807, 2.05) is 0 Å². The molecule has 0 saturated heterocycles. The lowest BCUT2D eigenvalue weighted by atomic mass is 10.1. The standard InChI is InChI=1S/C18H17ClN2O7/c1-4-28-18(23)11-5-10(6-12(7-11)21(24)25)17(22)20-14-9-15(26-2)13(19)8-16(14)27-3/h5-9H,4H2,1-3H3,(H,20,22). The van der Waals surface area contributed by atoms with Gasteiger partial charge in [-0.15, -0.1) is 0 Å². The van der Waals surface area contributed by atoms with Crippen LogP contribution in [0.2, 0.25) is 5.02 Å². The van der Waals surface area contributed by atoms with Crippen LogP contribution >= 0.6 is 11.6 Å². The van der Waals surface area contributed by atoms with Gasteiger partial charge in [-0.3, -0.25) is 14.9 Å². The molecule has 9 nitrogen and oxygen atoms in total. The van der Waals surface area contributed by atoms with E-state index in [9.17, 15) is 19.7 Å². The van der Waals surface area contributed by atoms with Gasteiger partial charge in [-0.2, -0.15) is 0 Å². The number of nitrogens with one attached hydrogen (secondary N) is 1. The Morgan fingerprint density at radius 2 is 1.71 bits per heavy atom. The highest BCUT2D eigenvalue weighted by atomic mass is 35.5. The first-order valence-corrected chi connectivity index (χ1v) is 8.38. The number of carbonyl (C=O) groups excluding carboxylic acids is 2. The lowest BCUT2D eigenvalue weighted by Gasteiger charge is -2.13. The summed E-state index contributed by atoms with van der Waals surface area (Å²) in [4.78, 5) is 35.1. The zero-order valence-corrected chi connectivity index (χ0v) is 16.0. The minimum Gasteiger partial charge on any atom is -0.495 e. The number of halogens is 1. The first-order chi connectivity index (χ1) is 13.3. The summed E-state index contributed by atoms with van der Waals surface area (Å²) in [5, 5.41) is 14.0. The summed E-state index contributed by atoms with van der Waals surface area (Å²) in [6.07, 6.45) is 0. The number of amides is 1. The molecule has 2 rings (SSSR count). The van der Waals surface area contributed by atoms with Crippen molar-refractivity contribution in [1.29, 1.82) is 0 Å². The molecule has 0 unspecified atom stereocenters. The van der Waals surface area contributed by atoms with Crippen LogP contribution in [0.5, 0.6) is 11.5 Å². The maximum Gasteiger partial charge on any atom is 0.338 e. The number of nitro benzene ring substituents is 1. The van der Waals surface area contributed by atoms with Crippen LogP contribution < -0.4 is 14.8 Å². The van der Waals surface area contributed by atoms with Gasteiger partial charge in [-0.05, 0) is 13.0 Å². The van der Waals surface area contributed by atoms with E-state index >= 15 is 0 Å². The van der Waals surface area contributed by atoms with Crippen molar-refractivity contribution in [3.8, 4) is 11.5 Å². The molecule has 148 valence electrons. The maximum atomic E-state index is 12.7. The summed E-state index contributed by atoms with van der Waals surface area (Å²) in [6, 6.07) is 6.20. The van der Waals surface area contributed by atoms with Crippen LogP contribution in [0.4, 0.5) is 11.4 Å². The summed E-state index contributed by atoms with van der Waals surface area (Å²) in [5.74, 6) is -0.915. The number of carbonyl (C=O) groups is 2. The van der Waals surface area contributed by atoms with Gasteiger partial charge < -0.3 is 19.5 Å². The maximum absolute atomic E-state index is 12.7. The zero-order valence-electron chi connectivity index (χ0n) is 15.3. The molecular formula is C18H17ClN2O7. The Hall–Kier alpha value is -3.33. The van der Waals surface area contributed by atoms with Gasteiger partial charge in [-0.1, -0.05) is 11.6 Å². The zero-order chi connectivity index (χ0) is 20.8. The van der Waals surface area contributed by atoms with Gasteiger partial charge in [0.15, 0.2) is 0 Å². The third kappa shape index (κ3) is 4.68. The molecule has 1 N–H and O–H groups in total. The highest BCUT2D eigenvalue weighted by Gasteiger charge is 2.20. The van der Waals surface area contributed by atoms with E-state index in [-0.39, 0.29) is 34.2 Å². The first-order valence-electron chi connectivity index (χ1n) is 8.00. The van der Waals surface area contributed by atoms with Crippen molar-refractivity contribution in [2.75, 3.05) is 26.1 Å². The fourth-order valence-electron chi connectivity index (χ4n) is 2.33. The fraction of sp³-hybridized carbons (Fsp3) is 0.222. The predicted octanol–water partition coefficient (Wildman–Crippen LogP) is 3.69. The Morgan fingerprint density at radius 3 is 2.29 bits per heavy atom. The third-order valence-electron chi connectivity index (χ3n) is 3.62. The number of benzene rings is 2. The second-order valence-corrected chi connectivity index (χ2v) is 5.79. The summed E-state index contributed by atoms with van der Waals surface area (Å²) in [6.45, 7) is 1.69. The number of rotatable bonds is 7. The Kier molecular flexibility index (Phi) is 6.78. The van der Waals surface area contributed by atoms with Crippen LogP contribution in [0.15, 0.2) is 30.3 Å². The molecule has 1 amide bonds. The summed E-state index contributed by atoms with van der Waals surface area (Å²) < 4.78 is 15.1. The van der Waals surface area contributed by atoms with E-state index in [4.69, 9.17) is 25.8 Å². The van der Waals surface area contributed by atoms with Crippen molar-refractivity contribution >= 4 is 34.9 Å². The number of non-ortho nitro benzene ring substituents is 1. The van der Waals surface area contributed by atoms with Crippen LogP contribution in [0.3, 0.4) is 0 Å². The molecule has 0 aliphatic heterocycles. The molecule has 0 aromatic heterocycles. The average Bonchev–Trinajstić information content (AvgIpc) is 2.68. The monoisotopic (exact) mass is 408 g/mol. The molecule has 0 bridgehead atoms. The van der Waals surface area contributed by atoms with Crippen molar-refractivity contribution in [1.82, 2.24) is 0 Å². The molecule has 0 heterocycles. The van der Waals surface area contributed by atoms with E-state index in [2.05, 4.69) is 5.32 Å². The van der Waals surface area contributed by atoms with Crippen LogP contribution in [0.25, 0.3) is 0 Å². The van der Waals surface area contributed by atoms with Crippen LogP contribution in [-0.4, -0.2) is 37.6 Å². The topological polar surface area (TPSA) is 117 Å². The number of hydrogen-bond acceptors (Lipinski definition) is 7. The molecule has 0 aliphatic carbocycles. The summed E-state index contributed by atoms with van der Waals surface area (Å²) in [5.41, 5.74) is -0.399. The van der Waals surface area contributed by atoms with Crippen molar-refractivity contribution in [3.05, 3.63) is 56.6 Å². The number of ether oxygens (including phenoxy) is 3. The highest BCUT2D eigenvalue weighted by molar-refractivity contribution is 6.32. The third-order valence-corrected chi connectivity index (χ3v) is 3.92. The summed E-state index contributed by atoms with van der Waals surface area (Å²) in [7, 11) is 2.80. The Morgan fingerprint density at radius 1 is 1.07 bits per heavy atom. The van der Waals surface area contributed by atoms with Crippen LogP contribution in [0.1, 0.15) is 27.6 Å². The number of esters is 1. The quantitative estimate of drug-likeness (QED) is 0.421. The van der Waals surface area contributed by atoms with Gasteiger partial charge in [0.05, 0.1) is 42.0 Å². The molecular weight excluding hydrogens is 392 g/mol. The number of nitro groups is 1. The molecule has 0 aliphatic rings. The van der Waals surface area contributed by atoms with E-state index < -0.39 is 22.5 Å². The number of hydrogen-bond donors (Lipinski definition) is 1. The van der Waals surface area contributed by atoms with Crippen molar-refractivity contribution in [2.45, 2.75) is 6.92 Å². The van der Waals surface area contributed by atoms with E-state index in [1.54, 1.807) is 6.92 Å². The Bertz CT molecular complexity index is 930. The molecule has 10 heteroatoms. The first kappa shape index (κ1) is 21.0. The molecule has 2 aromatic carbocycles. The van der Waals surface area contributed by atoms with E-state index in [0.29, 0.717) is 5.75 Å². The molecule has 28 heavy (non-hydrogen) atoms. The van der Waals surface area contributed by atoms with Gasteiger partial charge in [0.1, 0.15) is 11.5 Å². The van der Waals surface area contributed by atoms with Crippen molar-refractivity contribution in [2.24, 2.45) is 0 Å². The van der Waals surface area contributed by atoms with Crippen LogP contribution in [-0.2, 0) is 4.74 Å². The second-order valence-electron chi connectivity index (χ2n) is 5.39. The second kappa shape index (κ2) is 9.05. The van der Waals surface area contributed by atoms with Gasteiger partial charge in [0.25, 0.3) is 11.6 Å². The molecule has 0 saturated carbocycles. The highest BCUT2D eigenvalue weighted by Crippen LogP contribution is 2.36. The van der Waals surface area contributed by atoms with Gasteiger partial charge in [0, 0.05) is 29.8 Å². The van der Waals surface area contributed by atoms with Crippen molar-refractivity contribution < 1.29 is 28.7 Å². The average molecular weight is 409 g/mol. The molecule has 0 fully saturated rings. The normalized spacial score (nSPS) is 10.1. The Balaban J connectivity index is 2.44. The van der Waals surface area contributed by atoms with Gasteiger partial charge in [0.2, 0.25) is 0 Å². The molecule has 0 spiro atoms. The largest absolute Gasteiger partial charge is 0.495 e. The predicted molar refractivity (Wildman–Crippen MR) is 102 cm³/mol. The Labute approximate surface area is 165 Å². The minimum absolute atomic E-state index is 0.0881. The SMILES string of the molecule is CCOC(=O)c1cc(C(=O)Nc2cc(OC)c(Cl)cc2OC)cc([N+](=O)[O-])c1. The van der Waals surface area contributed by atoms with Crippen molar-refractivity contribution in [3.63, 3.8) is 0 Å². The minimum atomic E-state index is -0.772. The molecule has 2 aromatic rings. The lowest BCUT2D eigenvalue weighted by Crippen LogP contribution is -2.15. The van der Waals surface area contributed by atoms with E-state index in [1.165, 1.54) is 32.4 Å². The number of anilines is 1. The molecule has 0 radical (unpaired) electrons. The smallest absolute Gasteiger partial charge is 0.338 e. The van der Waals surface area contributed by atoms with Gasteiger partial charge in [-0.25, -0.2) is 4.79 Å². The van der Waals surface area contributed by atoms with E-state index in [0.717, 1.165) is 12.1 Å². The summed E-state index contributed by atoms with van der Waals surface area (Å²) >= 11 is 6.03. The van der Waals surface area contributed by atoms with Crippen LogP contribution in [0, 0.1) is 10.1 Å². The fourth-order valence-corrected chi connectivity index (χ4v) is 2.56. The number of methoxy groups -OCH3 is 2. The lowest BCUT2D eigenvalue weighted by molar-refractivity contribution is -0.384.